The number of pyridine rings is 1. The van der Waals surface area contributed by atoms with Crippen LogP contribution < -0.4 is 0 Å². The third kappa shape index (κ3) is 2.28. The molecule has 0 aliphatic heterocycles. The molecule has 0 aromatic carbocycles. The second-order valence-corrected chi connectivity index (χ2v) is 10.6. The lowest BCUT2D eigenvalue weighted by molar-refractivity contribution is 0.600. The van der Waals surface area contributed by atoms with Crippen molar-refractivity contribution in [2.24, 2.45) is 0 Å². The molecular formula is C6H5I2NO2S. The van der Waals surface area contributed by atoms with Crippen molar-refractivity contribution in [1.82, 2.24) is 4.98 Å². The minimum atomic E-state index is -3.14. The van der Waals surface area contributed by atoms with E-state index in [1.807, 2.05) is 45.2 Å². The van der Waals surface area contributed by atoms with Crippen molar-refractivity contribution in [3.05, 3.63) is 24.5 Å². The Kier molecular flexibility index (Phi) is 3.71. The van der Waals surface area contributed by atoms with Crippen molar-refractivity contribution in [2.45, 2.75) is 6.16 Å². The zero-order chi connectivity index (χ0) is 9.19. The Morgan fingerprint density at radius 3 is 2.17 bits per heavy atom. The zero-order valence-electron chi connectivity index (χ0n) is 5.81. The molecule has 0 spiro atoms. The van der Waals surface area contributed by atoms with Crippen molar-refractivity contribution in [3.63, 3.8) is 0 Å². The summed E-state index contributed by atoms with van der Waals surface area (Å²) in [6, 6.07) is 3.00. The normalized spacial score (nSPS) is 11.9. The highest BCUT2D eigenvalue weighted by Gasteiger charge is 2.21. The highest BCUT2D eigenvalue weighted by Crippen LogP contribution is 2.24. The summed E-state index contributed by atoms with van der Waals surface area (Å²) in [5.41, 5.74) is 0. The van der Waals surface area contributed by atoms with Gasteiger partial charge < -0.3 is 0 Å². The molecule has 0 bridgehead atoms. The number of sulfone groups is 1. The van der Waals surface area contributed by atoms with Gasteiger partial charge in [-0.05, 0) is 12.1 Å². The molecule has 0 amide bonds. The molecule has 0 atom stereocenters. The van der Waals surface area contributed by atoms with Crippen LogP contribution in [0.3, 0.4) is 0 Å². The van der Waals surface area contributed by atoms with Crippen LogP contribution in [-0.4, -0.2) is 14.7 Å². The van der Waals surface area contributed by atoms with Gasteiger partial charge in [0, 0.05) is 12.4 Å². The fourth-order valence-electron chi connectivity index (χ4n) is 0.631. The molecule has 0 saturated heterocycles. The Balaban J connectivity index is 3.17. The molecule has 1 heterocycles. The number of halogens is 2. The number of aromatic nitrogens is 1. The van der Waals surface area contributed by atoms with Crippen LogP contribution in [0.15, 0.2) is 29.4 Å². The first-order chi connectivity index (χ1) is 5.55. The zero-order valence-corrected chi connectivity index (χ0v) is 10.9. The summed E-state index contributed by atoms with van der Waals surface area (Å²) in [6.45, 7) is 0. The predicted octanol–water partition coefficient (Wildman–Crippen LogP) is 2.01. The number of hydrogen-bond donors (Lipinski definition) is 0. The molecule has 0 aliphatic carbocycles. The highest BCUT2D eigenvalue weighted by molar-refractivity contribution is 14.2. The van der Waals surface area contributed by atoms with Gasteiger partial charge in [0.1, 0.15) is 0 Å². The van der Waals surface area contributed by atoms with Crippen LogP contribution >= 0.6 is 45.2 Å². The van der Waals surface area contributed by atoms with E-state index in [0.717, 1.165) is 0 Å². The molecule has 0 radical (unpaired) electrons. The van der Waals surface area contributed by atoms with Crippen LogP contribution in [0.4, 0.5) is 0 Å². The standard InChI is InChI=1S/C6H5I2NO2S/c7-6(8)12(10,11)5-1-3-9-4-2-5/h1-4,6H. The number of rotatable bonds is 2. The number of hydrogen-bond acceptors (Lipinski definition) is 3. The minimum absolute atomic E-state index is 0.325. The first-order valence-electron chi connectivity index (χ1n) is 2.97. The Morgan fingerprint density at radius 1 is 1.25 bits per heavy atom. The molecule has 12 heavy (non-hydrogen) atoms. The van der Waals surface area contributed by atoms with Crippen LogP contribution in [0.25, 0.3) is 0 Å². The maximum atomic E-state index is 11.5. The van der Waals surface area contributed by atoms with Gasteiger partial charge in [-0.1, -0.05) is 45.2 Å². The molecule has 1 aromatic heterocycles. The summed E-state index contributed by atoms with van der Waals surface area (Å²) >= 11 is 3.73. The van der Waals surface area contributed by atoms with E-state index >= 15 is 0 Å². The average Bonchev–Trinajstić information content (AvgIpc) is 2.06. The van der Waals surface area contributed by atoms with E-state index < -0.39 is 11.1 Å². The molecule has 1 rings (SSSR count). The Labute approximate surface area is 98.2 Å². The summed E-state index contributed by atoms with van der Waals surface area (Å²) in [5.74, 6) is 0. The first-order valence-corrected chi connectivity index (χ1v) is 7.01. The average molecular weight is 409 g/mol. The van der Waals surface area contributed by atoms with Gasteiger partial charge in [0.2, 0.25) is 0 Å². The van der Waals surface area contributed by atoms with E-state index in [1.54, 1.807) is 0 Å². The fraction of sp³-hybridized carbons (Fsp3) is 0.167. The van der Waals surface area contributed by atoms with Gasteiger partial charge in [-0.25, -0.2) is 8.42 Å². The molecule has 3 nitrogen and oxygen atoms in total. The van der Waals surface area contributed by atoms with E-state index in [1.165, 1.54) is 24.5 Å². The molecule has 66 valence electrons. The summed E-state index contributed by atoms with van der Waals surface area (Å²) in [5, 5.41) is 0. The van der Waals surface area contributed by atoms with Gasteiger partial charge in [0.15, 0.2) is 11.1 Å². The predicted molar refractivity (Wildman–Crippen MR) is 63.3 cm³/mol. The summed E-state index contributed by atoms with van der Waals surface area (Å²) < 4.78 is 22.5. The van der Waals surface area contributed by atoms with Gasteiger partial charge in [0.25, 0.3) is 0 Å². The molecule has 1 aromatic rings. The van der Waals surface area contributed by atoms with Crippen molar-refractivity contribution < 1.29 is 8.42 Å². The molecule has 0 fully saturated rings. The van der Waals surface area contributed by atoms with Crippen molar-refractivity contribution in [3.8, 4) is 0 Å². The van der Waals surface area contributed by atoms with Crippen LogP contribution in [-0.2, 0) is 9.84 Å². The van der Waals surface area contributed by atoms with E-state index in [-0.39, 0.29) is 0 Å². The molecule has 0 N–H and O–H groups in total. The largest absolute Gasteiger partial charge is 0.265 e. The van der Waals surface area contributed by atoms with Gasteiger partial charge >= 0.3 is 0 Å². The van der Waals surface area contributed by atoms with Gasteiger partial charge in [-0.3, -0.25) is 4.98 Å². The number of alkyl halides is 2. The summed E-state index contributed by atoms with van der Waals surface area (Å²) in [4.78, 5) is 4.07. The quantitative estimate of drug-likeness (QED) is 0.555. The molecule has 0 aliphatic rings. The maximum absolute atomic E-state index is 11.5. The van der Waals surface area contributed by atoms with Crippen LogP contribution in [0, 0.1) is 0 Å². The van der Waals surface area contributed by atoms with Crippen LogP contribution in [0.2, 0.25) is 0 Å². The van der Waals surface area contributed by atoms with Crippen molar-refractivity contribution >= 4 is 55.0 Å². The lowest BCUT2D eigenvalue weighted by Gasteiger charge is -2.03. The van der Waals surface area contributed by atoms with E-state index in [9.17, 15) is 8.42 Å². The molecule has 6 heteroatoms. The monoisotopic (exact) mass is 409 g/mol. The van der Waals surface area contributed by atoms with Crippen molar-refractivity contribution in [2.75, 3.05) is 0 Å². The Bertz CT molecular complexity index is 349. The van der Waals surface area contributed by atoms with Crippen LogP contribution in [0.5, 0.6) is 0 Å². The topological polar surface area (TPSA) is 47.0 Å². The number of nitrogens with zero attached hydrogens (tertiary/aromatic N) is 1. The third-order valence-corrected chi connectivity index (χ3v) is 6.63. The molecule has 0 unspecified atom stereocenters. The highest BCUT2D eigenvalue weighted by atomic mass is 127. The third-order valence-electron chi connectivity index (χ3n) is 1.21. The van der Waals surface area contributed by atoms with Gasteiger partial charge in [0.05, 0.1) is 4.90 Å². The van der Waals surface area contributed by atoms with Gasteiger partial charge in [-0.15, -0.1) is 0 Å². The summed E-state index contributed by atoms with van der Waals surface area (Å²) in [6.07, 6.45) is 2.95. The van der Waals surface area contributed by atoms with Crippen LogP contribution in [0.1, 0.15) is 0 Å². The summed E-state index contributed by atoms with van der Waals surface area (Å²) in [7, 11) is -3.14. The minimum Gasteiger partial charge on any atom is -0.265 e. The Morgan fingerprint density at radius 2 is 1.75 bits per heavy atom. The lowest BCUT2D eigenvalue weighted by Crippen LogP contribution is -2.07. The van der Waals surface area contributed by atoms with E-state index in [4.69, 9.17) is 0 Å². The fourth-order valence-corrected chi connectivity index (χ4v) is 3.10. The van der Waals surface area contributed by atoms with E-state index in [2.05, 4.69) is 4.98 Å². The maximum Gasteiger partial charge on any atom is 0.199 e. The second kappa shape index (κ2) is 4.18. The van der Waals surface area contributed by atoms with Gasteiger partial charge in [-0.2, -0.15) is 0 Å². The second-order valence-electron chi connectivity index (χ2n) is 1.99. The van der Waals surface area contributed by atoms with Crippen molar-refractivity contribution in [1.29, 1.82) is 0 Å². The SMILES string of the molecule is O=S(=O)(c1ccncc1)C(I)I. The molecular weight excluding hydrogens is 404 g/mol. The lowest BCUT2D eigenvalue weighted by atomic mass is 10.5. The first kappa shape index (κ1) is 10.6. The smallest absolute Gasteiger partial charge is 0.199 e. The Hall–Kier alpha value is 0.560. The van der Waals surface area contributed by atoms with E-state index in [0.29, 0.717) is 4.90 Å². The molecule has 0 saturated carbocycles.